The summed E-state index contributed by atoms with van der Waals surface area (Å²) in [7, 11) is 5.68. The summed E-state index contributed by atoms with van der Waals surface area (Å²) in [5, 5.41) is 12.0. The van der Waals surface area contributed by atoms with Crippen molar-refractivity contribution in [3.8, 4) is 28.7 Å². The number of hydrogen-bond acceptors (Lipinski definition) is 11. The zero-order valence-electron chi connectivity index (χ0n) is 26.8. The Kier molecular flexibility index (Phi) is 8.69. The Morgan fingerprint density at radius 1 is 0.939 bits per heavy atom. The molecule has 1 aliphatic rings. The zero-order valence-corrected chi connectivity index (χ0v) is 27.6. The molecule has 15 nitrogen and oxygen atoms in total. The molecule has 1 atom stereocenters. The Hall–Kier alpha value is -5.96. The number of nitro groups is 1. The van der Waals surface area contributed by atoms with Gasteiger partial charge in [0.15, 0.2) is 17.2 Å². The van der Waals surface area contributed by atoms with Crippen molar-refractivity contribution >= 4 is 62.8 Å². The van der Waals surface area contributed by atoms with Crippen LogP contribution in [0.5, 0.6) is 28.7 Å². The number of aryl methyl sites for hydroxylation is 1. The maximum Gasteiger partial charge on any atom is 0.519 e. The van der Waals surface area contributed by atoms with Crippen LogP contribution < -0.4 is 28.6 Å². The molecule has 3 aromatic carbocycles. The lowest BCUT2D eigenvalue weighted by molar-refractivity contribution is -0.384. The number of non-ortho nitro benzene ring substituents is 1. The molecule has 0 radical (unpaired) electrons. The van der Waals surface area contributed by atoms with Crippen molar-refractivity contribution in [2.45, 2.75) is 12.8 Å². The maximum atomic E-state index is 14.3. The Bertz CT molecular complexity index is 2160. The smallest absolute Gasteiger partial charge is 0.493 e. The van der Waals surface area contributed by atoms with E-state index >= 15 is 0 Å². The van der Waals surface area contributed by atoms with Gasteiger partial charge in [0.2, 0.25) is 5.75 Å². The number of methoxy groups -OCH3 is 4. The number of carbonyl (C=O) groups excluding carboxylic acids is 3. The van der Waals surface area contributed by atoms with Gasteiger partial charge in [0.1, 0.15) is 11.4 Å². The Morgan fingerprint density at radius 3 is 2.27 bits per heavy atom. The Balaban J connectivity index is 1.46. The second kappa shape index (κ2) is 12.9. The first-order chi connectivity index (χ1) is 23.5. The van der Waals surface area contributed by atoms with Gasteiger partial charge in [-0.25, -0.2) is 9.59 Å². The van der Waals surface area contributed by atoms with Crippen molar-refractivity contribution in [3.63, 3.8) is 0 Å². The number of nitrogens with zero attached hydrogens (tertiary/aromatic N) is 2. The fraction of sp³-hybridized carbons (Fsp3) is 0.242. The number of aromatic nitrogens is 2. The van der Waals surface area contributed by atoms with Crippen molar-refractivity contribution in [1.82, 2.24) is 9.97 Å². The molecule has 2 aromatic heterocycles. The fourth-order valence-electron chi connectivity index (χ4n) is 6.13. The Morgan fingerprint density at radius 2 is 1.65 bits per heavy atom. The summed E-state index contributed by atoms with van der Waals surface area (Å²) in [5.74, 6) is -0.416. The second-order valence-corrected chi connectivity index (χ2v) is 11.2. The van der Waals surface area contributed by atoms with Crippen LogP contribution in [0.4, 0.5) is 16.2 Å². The van der Waals surface area contributed by atoms with Gasteiger partial charge in [-0.15, -0.1) is 11.6 Å². The Labute approximate surface area is 282 Å². The molecule has 0 aliphatic carbocycles. The van der Waals surface area contributed by atoms with Gasteiger partial charge in [-0.05, 0) is 36.8 Å². The van der Waals surface area contributed by atoms with Crippen LogP contribution in [0.2, 0.25) is 0 Å². The third-order valence-electron chi connectivity index (χ3n) is 8.26. The lowest BCUT2D eigenvalue weighted by Crippen LogP contribution is -2.30. The first kappa shape index (κ1) is 33.0. The summed E-state index contributed by atoms with van der Waals surface area (Å²) in [5.41, 5.74) is 2.31. The van der Waals surface area contributed by atoms with Crippen LogP contribution in [-0.4, -0.2) is 73.8 Å². The minimum atomic E-state index is -1.17. The van der Waals surface area contributed by atoms with Crippen molar-refractivity contribution in [1.29, 1.82) is 0 Å². The lowest BCUT2D eigenvalue weighted by atomic mass is 9.95. The van der Waals surface area contributed by atoms with Crippen LogP contribution in [0.15, 0.2) is 42.5 Å². The first-order valence-corrected chi connectivity index (χ1v) is 15.2. The van der Waals surface area contributed by atoms with E-state index < -0.39 is 28.9 Å². The molecule has 2 N–H and O–H groups in total. The van der Waals surface area contributed by atoms with Crippen LogP contribution in [0, 0.1) is 17.0 Å². The highest BCUT2D eigenvalue weighted by atomic mass is 35.5. The zero-order chi connectivity index (χ0) is 35.1. The van der Waals surface area contributed by atoms with E-state index in [-0.39, 0.29) is 46.4 Å². The van der Waals surface area contributed by atoms with Gasteiger partial charge in [0, 0.05) is 53.0 Å². The molecule has 3 heterocycles. The number of carbonyl (C=O) groups is 3. The number of halogens is 1. The molecule has 254 valence electrons. The molecule has 1 aliphatic heterocycles. The number of hydrogen-bond donors (Lipinski definition) is 2. The summed E-state index contributed by atoms with van der Waals surface area (Å²) < 4.78 is 32.6. The summed E-state index contributed by atoms with van der Waals surface area (Å²) in [6.45, 7) is 1.79. The number of rotatable bonds is 9. The molecular weight excluding hydrogens is 664 g/mol. The third kappa shape index (κ3) is 5.57. The number of H-pyrrole nitrogens is 2. The van der Waals surface area contributed by atoms with Gasteiger partial charge in [0.05, 0.1) is 55.6 Å². The van der Waals surface area contributed by atoms with E-state index in [1.165, 1.54) is 63.7 Å². The number of nitrogens with one attached hydrogen (secondary N) is 2. The number of esters is 1. The third-order valence-corrected chi connectivity index (χ3v) is 8.63. The highest BCUT2D eigenvalue weighted by Crippen LogP contribution is 2.48. The summed E-state index contributed by atoms with van der Waals surface area (Å²) in [4.78, 5) is 58.5. The first-order valence-electron chi connectivity index (χ1n) is 14.7. The van der Waals surface area contributed by atoms with Crippen molar-refractivity contribution in [2.75, 3.05) is 45.8 Å². The van der Waals surface area contributed by atoms with E-state index in [1.54, 1.807) is 19.1 Å². The van der Waals surface area contributed by atoms with E-state index in [1.807, 2.05) is 0 Å². The molecule has 6 rings (SSSR count). The van der Waals surface area contributed by atoms with Gasteiger partial charge in [-0.2, -0.15) is 0 Å². The van der Waals surface area contributed by atoms with Crippen molar-refractivity contribution in [2.24, 2.45) is 0 Å². The molecule has 0 saturated carbocycles. The molecule has 16 heteroatoms. The average molecular weight is 693 g/mol. The highest BCUT2D eigenvalue weighted by molar-refractivity contribution is 6.20. The SMILES string of the molecule is COC(=O)c1c(C)[nH]c2c(OC(=O)Oc3ccc([N+](=O)[O-])cc3)cc3c(c12)C(CCl)CN3C(=O)c1cc2cc(OC)c(OC)c(OC)c2[nH]1. The predicted molar refractivity (Wildman–Crippen MR) is 177 cm³/mol. The van der Waals surface area contributed by atoms with Crippen LogP contribution in [-0.2, 0) is 4.74 Å². The quantitative estimate of drug-likeness (QED) is 0.0586. The minimum absolute atomic E-state index is 0.00701. The van der Waals surface area contributed by atoms with Crippen molar-refractivity contribution in [3.05, 3.63) is 75.1 Å². The van der Waals surface area contributed by atoms with Gasteiger partial charge in [0.25, 0.3) is 11.6 Å². The summed E-state index contributed by atoms with van der Waals surface area (Å²) in [6.07, 6.45) is -1.17. The topological polar surface area (TPSA) is 185 Å². The molecular formula is C33H29ClN4O11. The van der Waals surface area contributed by atoms with Crippen LogP contribution in [0.25, 0.3) is 21.8 Å². The van der Waals surface area contributed by atoms with Crippen LogP contribution >= 0.6 is 11.6 Å². The highest BCUT2D eigenvalue weighted by Gasteiger charge is 2.39. The number of alkyl halides is 1. The number of aromatic amines is 2. The largest absolute Gasteiger partial charge is 0.519 e. The number of fused-ring (bicyclic) bond motifs is 4. The predicted octanol–water partition coefficient (Wildman–Crippen LogP) is 6.24. The molecule has 1 amide bonds. The van der Waals surface area contributed by atoms with Gasteiger partial charge in [-0.1, -0.05) is 0 Å². The number of amides is 1. The molecule has 49 heavy (non-hydrogen) atoms. The van der Waals surface area contributed by atoms with E-state index in [2.05, 4.69) is 9.97 Å². The van der Waals surface area contributed by atoms with Gasteiger partial charge in [-0.3, -0.25) is 14.9 Å². The fourth-order valence-corrected chi connectivity index (χ4v) is 6.38. The average Bonchev–Trinajstić information content (AvgIpc) is 3.79. The van der Waals surface area contributed by atoms with E-state index in [0.717, 1.165) is 0 Å². The standard InChI is InChI=1S/C33H29ClN4O11/c1-15-24(32(40)47-5)26-25-17(13-34)14-37(31(39)20-10-16-11-23(44-2)29(45-3)30(46-4)27(16)36-20)21(25)12-22(28(26)35-15)49-33(41)48-19-8-6-18(7-9-19)38(42)43/h6-12,17,35-36H,13-14H2,1-5H3. The van der Waals surface area contributed by atoms with E-state index in [0.29, 0.717) is 50.5 Å². The summed E-state index contributed by atoms with van der Waals surface area (Å²) >= 11 is 6.48. The number of nitro benzene ring substituents is 1. The van der Waals surface area contributed by atoms with Crippen molar-refractivity contribution < 1.29 is 47.7 Å². The maximum absolute atomic E-state index is 14.3. The number of anilines is 1. The minimum Gasteiger partial charge on any atom is -0.493 e. The summed E-state index contributed by atoms with van der Waals surface area (Å²) in [6, 6.07) is 9.69. The van der Waals surface area contributed by atoms with E-state index in [4.69, 9.17) is 40.0 Å². The van der Waals surface area contributed by atoms with Gasteiger partial charge < -0.3 is 43.3 Å². The molecule has 0 spiro atoms. The normalized spacial score (nSPS) is 13.7. The molecule has 0 bridgehead atoms. The molecule has 1 unspecified atom stereocenters. The van der Waals surface area contributed by atoms with Gasteiger partial charge >= 0.3 is 12.1 Å². The monoisotopic (exact) mass is 692 g/mol. The van der Waals surface area contributed by atoms with Crippen LogP contribution in [0.3, 0.4) is 0 Å². The van der Waals surface area contributed by atoms with Crippen LogP contribution in [0.1, 0.15) is 38.0 Å². The number of benzene rings is 3. The second-order valence-electron chi connectivity index (χ2n) is 10.9. The molecule has 0 fully saturated rings. The molecule has 0 saturated heterocycles. The molecule has 5 aromatic rings. The lowest BCUT2D eigenvalue weighted by Gasteiger charge is -2.18. The van der Waals surface area contributed by atoms with E-state index in [9.17, 15) is 24.5 Å². The number of ether oxygens (including phenoxy) is 6.